The summed E-state index contributed by atoms with van der Waals surface area (Å²) in [4.78, 5) is 12.7. The van der Waals surface area contributed by atoms with E-state index in [0.29, 0.717) is 12.5 Å². The molecule has 1 rings (SSSR count). The molecular weight excluding hydrogens is 142 g/mol. The van der Waals surface area contributed by atoms with Crippen LogP contribution in [-0.2, 0) is 4.79 Å². The van der Waals surface area contributed by atoms with Crippen molar-refractivity contribution in [3.05, 3.63) is 0 Å². The summed E-state index contributed by atoms with van der Waals surface area (Å²) in [5, 5.41) is 0. The molecule has 0 bridgehead atoms. The van der Waals surface area contributed by atoms with Crippen LogP contribution in [0.3, 0.4) is 0 Å². The molecular formula is C7H15N3O. The second-order valence-electron chi connectivity index (χ2n) is 3.13. The van der Waals surface area contributed by atoms with Gasteiger partial charge in [0.1, 0.15) is 0 Å². The zero-order valence-corrected chi connectivity index (χ0v) is 6.79. The van der Waals surface area contributed by atoms with Crippen molar-refractivity contribution in [1.82, 2.24) is 4.90 Å². The van der Waals surface area contributed by atoms with Crippen LogP contribution in [0.5, 0.6) is 0 Å². The number of hydrogen-bond donors (Lipinski definition) is 2. The summed E-state index contributed by atoms with van der Waals surface area (Å²) in [5.41, 5.74) is 10.6. The van der Waals surface area contributed by atoms with Crippen LogP contribution >= 0.6 is 0 Å². The second-order valence-corrected chi connectivity index (χ2v) is 3.13. The summed E-state index contributed by atoms with van der Waals surface area (Å²) in [6.45, 7) is 4.37. The summed E-state index contributed by atoms with van der Waals surface area (Å²) in [5.74, 6) is 0.317. The number of amides is 1. The third kappa shape index (κ3) is 1.70. The van der Waals surface area contributed by atoms with Crippen molar-refractivity contribution in [1.29, 1.82) is 0 Å². The van der Waals surface area contributed by atoms with Gasteiger partial charge in [0, 0.05) is 13.1 Å². The summed E-state index contributed by atoms with van der Waals surface area (Å²) >= 11 is 0. The van der Waals surface area contributed by atoms with Crippen molar-refractivity contribution in [2.45, 2.75) is 13.0 Å². The maximum atomic E-state index is 10.7. The van der Waals surface area contributed by atoms with Gasteiger partial charge in [0.05, 0.1) is 6.04 Å². The van der Waals surface area contributed by atoms with Gasteiger partial charge in [-0.1, -0.05) is 0 Å². The van der Waals surface area contributed by atoms with Crippen LogP contribution in [0, 0.1) is 5.92 Å². The minimum Gasteiger partial charge on any atom is -0.368 e. The average Bonchev–Trinajstić information content (AvgIpc) is 1.85. The number of nitrogens with two attached hydrogens (primary N) is 2. The largest absolute Gasteiger partial charge is 0.368 e. The number of rotatable bonds is 3. The van der Waals surface area contributed by atoms with Gasteiger partial charge >= 0.3 is 0 Å². The predicted octanol–water partition coefficient (Wildman–Crippen LogP) is -1.25. The fraction of sp³-hybridized carbons (Fsp3) is 0.857. The molecule has 1 atom stereocenters. The molecule has 0 aromatic carbocycles. The summed E-state index contributed by atoms with van der Waals surface area (Å²) in [6, 6.07) is -0.127. The van der Waals surface area contributed by atoms with E-state index in [2.05, 4.69) is 0 Å². The molecule has 1 fully saturated rings. The SMILES string of the molecule is CC(C(N)=O)N1CC(CN)C1. The Hall–Kier alpha value is -0.610. The molecule has 1 aliphatic heterocycles. The quantitative estimate of drug-likeness (QED) is 0.537. The molecule has 1 heterocycles. The third-order valence-corrected chi connectivity index (χ3v) is 2.28. The van der Waals surface area contributed by atoms with Crippen molar-refractivity contribution in [2.75, 3.05) is 19.6 Å². The van der Waals surface area contributed by atoms with Crippen LogP contribution in [0.25, 0.3) is 0 Å². The maximum Gasteiger partial charge on any atom is 0.234 e. The molecule has 4 N–H and O–H groups in total. The Kier molecular flexibility index (Phi) is 2.46. The summed E-state index contributed by atoms with van der Waals surface area (Å²) in [7, 11) is 0. The van der Waals surface area contributed by atoms with E-state index in [1.54, 1.807) is 0 Å². The minimum absolute atomic E-state index is 0.127. The lowest BCUT2D eigenvalue weighted by Gasteiger charge is -2.41. The topological polar surface area (TPSA) is 72.4 Å². The molecule has 4 heteroatoms. The maximum absolute atomic E-state index is 10.7. The molecule has 0 aromatic rings. The minimum atomic E-state index is -0.250. The first-order valence-corrected chi connectivity index (χ1v) is 3.88. The lowest BCUT2D eigenvalue weighted by atomic mass is 9.98. The highest BCUT2D eigenvalue weighted by Crippen LogP contribution is 2.16. The summed E-state index contributed by atoms with van der Waals surface area (Å²) < 4.78 is 0. The van der Waals surface area contributed by atoms with Crippen molar-refractivity contribution < 1.29 is 4.79 Å². The van der Waals surface area contributed by atoms with Gasteiger partial charge in [-0.2, -0.15) is 0 Å². The monoisotopic (exact) mass is 157 g/mol. The normalized spacial score (nSPS) is 22.7. The van der Waals surface area contributed by atoms with Gasteiger partial charge in [-0.15, -0.1) is 0 Å². The van der Waals surface area contributed by atoms with Gasteiger partial charge in [0.25, 0.3) is 0 Å². The van der Waals surface area contributed by atoms with Crippen molar-refractivity contribution in [2.24, 2.45) is 17.4 Å². The van der Waals surface area contributed by atoms with Gasteiger partial charge in [0.2, 0.25) is 5.91 Å². The van der Waals surface area contributed by atoms with Crippen LogP contribution in [0.15, 0.2) is 0 Å². The van der Waals surface area contributed by atoms with Crippen molar-refractivity contribution in [3.63, 3.8) is 0 Å². The highest BCUT2D eigenvalue weighted by molar-refractivity contribution is 5.79. The molecule has 4 nitrogen and oxygen atoms in total. The van der Waals surface area contributed by atoms with E-state index in [4.69, 9.17) is 11.5 Å². The fourth-order valence-electron chi connectivity index (χ4n) is 1.26. The molecule has 0 saturated carbocycles. The molecule has 1 amide bonds. The first-order valence-electron chi connectivity index (χ1n) is 3.88. The van der Waals surface area contributed by atoms with Gasteiger partial charge in [0.15, 0.2) is 0 Å². The number of hydrogen-bond acceptors (Lipinski definition) is 3. The zero-order chi connectivity index (χ0) is 8.43. The number of carbonyl (C=O) groups excluding carboxylic acids is 1. The smallest absolute Gasteiger partial charge is 0.234 e. The standard InChI is InChI=1S/C7H15N3O/c1-5(7(9)11)10-3-6(2-8)4-10/h5-6H,2-4,8H2,1H3,(H2,9,11). The van der Waals surface area contributed by atoms with E-state index < -0.39 is 0 Å². The number of primary amides is 1. The van der Waals surface area contributed by atoms with E-state index in [0.717, 1.165) is 13.1 Å². The van der Waals surface area contributed by atoms with Crippen molar-refractivity contribution in [3.8, 4) is 0 Å². The average molecular weight is 157 g/mol. The molecule has 11 heavy (non-hydrogen) atoms. The lowest BCUT2D eigenvalue weighted by Crippen LogP contribution is -2.57. The second kappa shape index (κ2) is 3.19. The highest BCUT2D eigenvalue weighted by Gasteiger charge is 2.31. The van der Waals surface area contributed by atoms with Gasteiger partial charge in [-0.05, 0) is 19.4 Å². The first-order chi connectivity index (χ1) is 5.15. The molecule has 0 aromatic heterocycles. The Labute approximate surface area is 66.5 Å². The number of likely N-dealkylation sites (tertiary alicyclic amines) is 1. The Morgan fingerprint density at radius 3 is 2.64 bits per heavy atom. The van der Waals surface area contributed by atoms with Crippen LogP contribution < -0.4 is 11.5 Å². The van der Waals surface area contributed by atoms with Crippen LogP contribution in [0.1, 0.15) is 6.92 Å². The highest BCUT2D eigenvalue weighted by atomic mass is 16.1. The molecule has 1 saturated heterocycles. The van der Waals surface area contributed by atoms with Gasteiger partial charge in [-0.3, -0.25) is 9.69 Å². The summed E-state index contributed by atoms with van der Waals surface area (Å²) in [6.07, 6.45) is 0. The van der Waals surface area contributed by atoms with Crippen LogP contribution in [0.4, 0.5) is 0 Å². The van der Waals surface area contributed by atoms with E-state index in [9.17, 15) is 4.79 Å². The molecule has 1 unspecified atom stereocenters. The zero-order valence-electron chi connectivity index (χ0n) is 6.79. The van der Waals surface area contributed by atoms with E-state index in [-0.39, 0.29) is 11.9 Å². The Morgan fingerprint density at radius 2 is 2.27 bits per heavy atom. The fourth-order valence-corrected chi connectivity index (χ4v) is 1.26. The van der Waals surface area contributed by atoms with Crippen LogP contribution in [-0.4, -0.2) is 36.5 Å². The van der Waals surface area contributed by atoms with Gasteiger partial charge < -0.3 is 11.5 Å². The first kappa shape index (κ1) is 8.49. The number of nitrogens with zero attached hydrogens (tertiary/aromatic N) is 1. The predicted molar refractivity (Wildman–Crippen MR) is 42.8 cm³/mol. The molecule has 0 aliphatic carbocycles. The Bertz CT molecular complexity index is 154. The lowest BCUT2D eigenvalue weighted by molar-refractivity contribution is -0.125. The molecule has 0 radical (unpaired) electrons. The molecule has 64 valence electrons. The Balaban J connectivity index is 2.26. The number of carbonyl (C=O) groups is 1. The van der Waals surface area contributed by atoms with Crippen LogP contribution in [0.2, 0.25) is 0 Å². The third-order valence-electron chi connectivity index (χ3n) is 2.28. The van der Waals surface area contributed by atoms with E-state index in [1.165, 1.54) is 0 Å². The van der Waals surface area contributed by atoms with E-state index >= 15 is 0 Å². The Morgan fingerprint density at radius 1 is 1.73 bits per heavy atom. The van der Waals surface area contributed by atoms with E-state index in [1.807, 2.05) is 11.8 Å². The van der Waals surface area contributed by atoms with Crippen molar-refractivity contribution >= 4 is 5.91 Å². The molecule has 1 aliphatic rings. The molecule has 0 spiro atoms. The van der Waals surface area contributed by atoms with Gasteiger partial charge in [-0.25, -0.2) is 0 Å².